The predicted molar refractivity (Wildman–Crippen MR) is 89.0 cm³/mol. The maximum atomic E-state index is 12.0. The summed E-state index contributed by atoms with van der Waals surface area (Å²) in [6.07, 6.45) is 8.34. The average Bonchev–Trinajstić information content (AvgIpc) is 2.76. The Bertz CT molecular complexity index is 467. The molecule has 1 aliphatic carbocycles. The third kappa shape index (κ3) is 3.41. The number of thiophene rings is 1. The Morgan fingerprint density at radius 3 is 2.70 bits per heavy atom. The summed E-state index contributed by atoms with van der Waals surface area (Å²) in [7, 11) is 0. The molecular formula is C14H23N3OS2. The maximum Gasteiger partial charge on any atom is 0.263 e. The normalized spacial score (nSPS) is 16.1. The zero-order valence-electron chi connectivity index (χ0n) is 12.1. The molecule has 1 amide bonds. The summed E-state index contributed by atoms with van der Waals surface area (Å²) in [6, 6.07) is 0.523. The number of carbonyl (C=O) groups is 1. The number of thioether (sulfide) groups is 1. The second kappa shape index (κ2) is 7.22. The molecule has 1 aliphatic rings. The molecule has 6 heteroatoms. The Hall–Kier alpha value is -0.880. The molecule has 2 rings (SSSR count). The fraction of sp³-hybridized carbons (Fsp3) is 0.643. The van der Waals surface area contributed by atoms with E-state index in [1.165, 1.54) is 43.4 Å². The van der Waals surface area contributed by atoms with Gasteiger partial charge in [-0.05, 0) is 26.0 Å². The molecule has 0 spiro atoms. The molecular weight excluding hydrogens is 290 g/mol. The van der Waals surface area contributed by atoms with E-state index in [1.807, 2.05) is 13.2 Å². The van der Waals surface area contributed by atoms with Crippen LogP contribution in [-0.4, -0.2) is 24.7 Å². The van der Waals surface area contributed by atoms with Crippen LogP contribution in [0.5, 0.6) is 0 Å². The van der Waals surface area contributed by atoms with Crippen LogP contribution in [0.3, 0.4) is 0 Å². The number of anilines is 2. The lowest BCUT2D eigenvalue weighted by atomic mass is 9.96. The van der Waals surface area contributed by atoms with Crippen molar-refractivity contribution >= 4 is 39.7 Å². The van der Waals surface area contributed by atoms with Crippen LogP contribution < -0.4 is 16.4 Å². The number of nitrogen functional groups attached to an aromatic ring is 1. The van der Waals surface area contributed by atoms with Gasteiger partial charge < -0.3 is 16.4 Å². The lowest BCUT2D eigenvalue weighted by Gasteiger charge is -2.23. The second-order valence-electron chi connectivity index (χ2n) is 5.05. The number of carbonyl (C=O) groups excluding carboxylic acids is 1. The fourth-order valence-electron chi connectivity index (χ4n) is 2.57. The van der Waals surface area contributed by atoms with Crippen molar-refractivity contribution in [1.82, 2.24) is 5.32 Å². The Balaban J connectivity index is 2.18. The summed E-state index contributed by atoms with van der Waals surface area (Å²) in [4.78, 5) is 13.7. The quantitative estimate of drug-likeness (QED) is 0.727. The van der Waals surface area contributed by atoms with E-state index < -0.39 is 0 Å². The summed E-state index contributed by atoms with van der Waals surface area (Å²) in [6.45, 7) is 2.54. The monoisotopic (exact) mass is 313 g/mol. The van der Waals surface area contributed by atoms with E-state index >= 15 is 0 Å². The number of hydrogen-bond donors (Lipinski definition) is 3. The Labute approximate surface area is 128 Å². The minimum absolute atomic E-state index is 0.0676. The minimum Gasteiger partial charge on any atom is -0.396 e. The molecule has 20 heavy (non-hydrogen) atoms. The SMILES string of the molecule is CCNC(=O)c1sc(NC2CCCCC2)c(SC)c1N. The number of rotatable bonds is 5. The van der Waals surface area contributed by atoms with Gasteiger partial charge in [0.1, 0.15) is 9.88 Å². The first kappa shape index (κ1) is 15.5. The summed E-state index contributed by atoms with van der Waals surface area (Å²) in [5.41, 5.74) is 6.76. The molecule has 1 saturated carbocycles. The van der Waals surface area contributed by atoms with Crippen LogP contribution in [-0.2, 0) is 0 Å². The average molecular weight is 313 g/mol. The van der Waals surface area contributed by atoms with E-state index in [1.54, 1.807) is 11.8 Å². The standard InChI is InChI=1S/C14H23N3OS2/c1-3-16-13(18)11-10(15)12(19-2)14(20-11)17-9-7-5-4-6-8-9/h9,17H,3-8,15H2,1-2H3,(H,16,18). The molecule has 1 aromatic rings. The van der Waals surface area contributed by atoms with Gasteiger partial charge in [-0.3, -0.25) is 4.79 Å². The van der Waals surface area contributed by atoms with Crippen LogP contribution in [0.1, 0.15) is 48.7 Å². The first-order chi connectivity index (χ1) is 9.67. The number of nitrogens with two attached hydrogens (primary N) is 1. The molecule has 112 valence electrons. The van der Waals surface area contributed by atoms with E-state index in [0.29, 0.717) is 23.2 Å². The van der Waals surface area contributed by atoms with E-state index in [4.69, 9.17) is 5.73 Å². The highest BCUT2D eigenvalue weighted by Gasteiger charge is 2.22. The number of hydrogen-bond acceptors (Lipinski definition) is 5. The first-order valence-corrected chi connectivity index (χ1v) is 9.22. The molecule has 0 aromatic carbocycles. The number of amides is 1. The zero-order valence-corrected chi connectivity index (χ0v) is 13.8. The topological polar surface area (TPSA) is 67.2 Å². The molecule has 1 aromatic heterocycles. The predicted octanol–water partition coefficient (Wildman–Crippen LogP) is 3.55. The smallest absolute Gasteiger partial charge is 0.263 e. The van der Waals surface area contributed by atoms with Crippen molar-refractivity contribution in [2.75, 3.05) is 23.9 Å². The van der Waals surface area contributed by atoms with Crippen LogP contribution in [0.25, 0.3) is 0 Å². The number of nitrogens with one attached hydrogen (secondary N) is 2. The molecule has 4 N–H and O–H groups in total. The Kier molecular flexibility index (Phi) is 5.60. The van der Waals surface area contributed by atoms with Crippen molar-refractivity contribution in [2.45, 2.75) is 50.0 Å². The maximum absolute atomic E-state index is 12.0. The highest BCUT2D eigenvalue weighted by Crippen LogP contribution is 2.42. The van der Waals surface area contributed by atoms with Crippen molar-refractivity contribution in [3.63, 3.8) is 0 Å². The first-order valence-electron chi connectivity index (χ1n) is 7.18. The molecule has 0 radical (unpaired) electrons. The minimum atomic E-state index is -0.0676. The van der Waals surface area contributed by atoms with E-state index in [-0.39, 0.29) is 5.91 Å². The molecule has 0 saturated heterocycles. The molecule has 0 unspecified atom stereocenters. The van der Waals surface area contributed by atoms with Gasteiger partial charge in [-0.2, -0.15) is 0 Å². The van der Waals surface area contributed by atoms with Gasteiger partial charge in [-0.1, -0.05) is 19.3 Å². The molecule has 0 atom stereocenters. The summed E-state index contributed by atoms with van der Waals surface area (Å²) >= 11 is 3.09. The van der Waals surface area contributed by atoms with Gasteiger partial charge in [0.05, 0.1) is 10.6 Å². The Morgan fingerprint density at radius 2 is 2.10 bits per heavy atom. The molecule has 0 aliphatic heterocycles. The van der Waals surface area contributed by atoms with Gasteiger partial charge in [0.25, 0.3) is 5.91 Å². The van der Waals surface area contributed by atoms with Crippen molar-refractivity contribution in [1.29, 1.82) is 0 Å². The van der Waals surface area contributed by atoms with Crippen LogP contribution in [0.2, 0.25) is 0 Å². The second-order valence-corrected chi connectivity index (χ2v) is 6.88. The zero-order chi connectivity index (χ0) is 14.5. The summed E-state index contributed by atoms with van der Waals surface area (Å²) in [5, 5.41) is 7.48. The lowest BCUT2D eigenvalue weighted by molar-refractivity contribution is 0.0960. The third-order valence-electron chi connectivity index (χ3n) is 3.59. The highest BCUT2D eigenvalue weighted by atomic mass is 32.2. The van der Waals surface area contributed by atoms with E-state index in [9.17, 15) is 4.79 Å². The van der Waals surface area contributed by atoms with E-state index in [2.05, 4.69) is 10.6 Å². The van der Waals surface area contributed by atoms with E-state index in [0.717, 1.165) is 9.90 Å². The highest BCUT2D eigenvalue weighted by molar-refractivity contribution is 7.99. The molecule has 1 fully saturated rings. The van der Waals surface area contributed by atoms with Gasteiger partial charge in [-0.25, -0.2) is 0 Å². The van der Waals surface area contributed by atoms with Crippen molar-refractivity contribution < 1.29 is 4.79 Å². The third-order valence-corrected chi connectivity index (χ3v) is 5.68. The summed E-state index contributed by atoms with van der Waals surface area (Å²) in [5.74, 6) is -0.0676. The van der Waals surface area contributed by atoms with Crippen LogP contribution in [0, 0.1) is 0 Å². The molecule has 1 heterocycles. The molecule has 0 bridgehead atoms. The van der Waals surface area contributed by atoms with Crippen LogP contribution in [0.15, 0.2) is 4.90 Å². The van der Waals surface area contributed by atoms with Crippen molar-refractivity contribution in [2.24, 2.45) is 0 Å². The van der Waals surface area contributed by atoms with Crippen LogP contribution >= 0.6 is 23.1 Å². The fourth-order valence-corrected chi connectivity index (χ4v) is 4.58. The molecule has 4 nitrogen and oxygen atoms in total. The van der Waals surface area contributed by atoms with Crippen molar-refractivity contribution in [3.05, 3.63) is 4.88 Å². The van der Waals surface area contributed by atoms with Gasteiger partial charge in [0.2, 0.25) is 0 Å². The lowest BCUT2D eigenvalue weighted by Crippen LogP contribution is -2.22. The van der Waals surface area contributed by atoms with Gasteiger partial charge in [-0.15, -0.1) is 23.1 Å². The largest absolute Gasteiger partial charge is 0.396 e. The van der Waals surface area contributed by atoms with Crippen molar-refractivity contribution in [3.8, 4) is 0 Å². The van der Waals surface area contributed by atoms with Crippen LogP contribution in [0.4, 0.5) is 10.7 Å². The van der Waals surface area contributed by atoms with Gasteiger partial charge in [0.15, 0.2) is 0 Å². The Morgan fingerprint density at radius 1 is 1.40 bits per heavy atom. The summed E-state index contributed by atoms with van der Waals surface area (Å²) < 4.78 is 0. The van der Waals surface area contributed by atoms with Gasteiger partial charge >= 0.3 is 0 Å². The van der Waals surface area contributed by atoms with Gasteiger partial charge in [0, 0.05) is 12.6 Å².